The first-order valence-corrected chi connectivity index (χ1v) is 9.21. The van der Waals surface area contributed by atoms with Crippen molar-refractivity contribution in [3.8, 4) is 0 Å². The zero-order chi connectivity index (χ0) is 15.5. The quantitative estimate of drug-likeness (QED) is 0.626. The second-order valence-electron chi connectivity index (χ2n) is 6.22. The number of carbonyl (C=O) groups excluding carboxylic acids is 1. The molecule has 1 heterocycles. The summed E-state index contributed by atoms with van der Waals surface area (Å²) in [6.07, 6.45) is 4.86. The van der Waals surface area contributed by atoms with Crippen molar-refractivity contribution < 1.29 is 13.2 Å². The maximum atomic E-state index is 12.6. The molecule has 0 spiro atoms. The van der Waals surface area contributed by atoms with E-state index < -0.39 is 10.2 Å². The molecule has 21 heavy (non-hydrogen) atoms. The minimum Gasteiger partial charge on any atom is -0.342 e. The Hall–Kier alpha value is -0.700. The molecule has 0 aromatic heterocycles. The Kier molecular flexibility index (Phi) is 5.59. The van der Waals surface area contributed by atoms with E-state index in [0.29, 0.717) is 25.6 Å². The third-order valence-corrected chi connectivity index (χ3v) is 5.25. The monoisotopic (exact) mass is 318 g/mol. The Morgan fingerprint density at radius 1 is 1.24 bits per heavy atom. The van der Waals surface area contributed by atoms with Crippen molar-refractivity contribution >= 4 is 16.1 Å². The van der Waals surface area contributed by atoms with E-state index >= 15 is 0 Å². The summed E-state index contributed by atoms with van der Waals surface area (Å²) in [5.74, 6) is 0.697. The van der Waals surface area contributed by atoms with Crippen LogP contribution >= 0.6 is 0 Å². The second kappa shape index (κ2) is 7.04. The molecule has 3 atom stereocenters. The highest BCUT2D eigenvalue weighted by Gasteiger charge is 2.36. The fourth-order valence-corrected chi connectivity index (χ4v) is 4.01. The van der Waals surface area contributed by atoms with Gasteiger partial charge in [-0.2, -0.15) is 8.42 Å². The molecule has 0 aromatic carbocycles. The average Bonchev–Trinajstić information content (AvgIpc) is 2.92. The van der Waals surface area contributed by atoms with Crippen LogP contribution in [0.3, 0.4) is 0 Å². The van der Waals surface area contributed by atoms with Crippen molar-refractivity contribution in [2.24, 2.45) is 28.6 Å². The predicted octanol–water partition coefficient (Wildman–Crippen LogP) is -0.607. The van der Waals surface area contributed by atoms with E-state index in [1.807, 2.05) is 4.90 Å². The highest BCUT2D eigenvalue weighted by molar-refractivity contribution is 7.87. The Morgan fingerprint density at radius 3 is 2.67 bits per heavy atom. The number of piperidine rings is 1. The summed E-state index contributed by atoms with van der Waals surface area (Å²) < 4.78 is 24.2. The van der Waals surface area contributed by atoms with E-state index in [2.05, 4.69) is 4.72 Å². The summed E-state index contributed by atoms with van der Waals surface area (Å²) in [6.45, 7) is 2.24. The lowest BCUT2D eigenvalue weighted by Gasteiger charge is -2.35. The first kappa shape index (κ1) is 16.7. The van der Waals surface area contributed by atoms with Gasteiger partial charge in [-0.05, 0) is 44.1 Å². The molecule has 1 saturated carbocycles. The lowest BCUT2D eigenvalue weighted by Crippen LogP contribution is -2.47. The SMILES string of the molecule is NCC1CCCC1C(=O)N1CCCC(CNS(N)(=O)=O)C1. The zero-order valence-corrected chi connectivity index (χ0v) is 13.1. The zero-order valence-electron chi connectivity index (χ0n) is 12.3. The lowest BCUT2D eigenvalue weighted by atomic mass is 9.92. The average molecular weight is 318 g/mol. The van der Waals surface area contributed by atoms with Gasteiger partial charge >= 0.3 is 0 Å². The maximum Gasteiger partial charge on any atom is 0.274 e. The van der Waals surface area contributed by atoms with Crippen LogP contribution in [-0.2, 0) is 15.0 Å². The summed E-state index contributed by atoms with van der Waals surface area (Å²) >= 11 is 0. The van der Waals surface area contributed by atoms with E-state index in [1.54, 1.807) is 0 Å². The number of amides is 1. The van der Waals surface area contributed by atoms with Gasteiger partial charge in [-0.25, -0.2) is 9.86 Å². The van der Waals surface area contributed by atoms with Gasteiger partial charge in [0.25, 0.3) is 10.2 Å². The van der Waals surface area contributed by atoms with Crippen LogP contribution in [0.15, 0.2) is 0 Å². The number of hydrogen-bond donors (Lipinski definition) is 3. The number of rotatable bonds is 5. The van der Waals surface area contributed by atoms with Gasteiger partial charge in [0.05, 0.1) is 0 Å². The van der Waals surface area contributed by atoms with Gasteiger partial charge in [-0.3, -0.25) is 4.79 Å². The van der Waals surface area contributed by atoms with Crippen LogP contribution in [0.25, 0.3) is 0 Å². The molecule has 8 heteroatoms. The van der Waals surface area contributed by atoms with E-state index in [1.165, 1.54) is 0 Å². The smallest absolute Gasteiger partial charge is 0.274 e. The molecule has 2 aliphatic rings. The maximum absolute atomic E-state index is 12.6. The molecule has 0 radical (unpaired) electrons. The number of nitrogens with zero attached hydrogens (tertiary/aromatic N) is 1. The Balaban J connectivity index is 1.89. The van der Waals surface area contributed by atoms with Gasteiger partial charge in [0.1, 0.15) is 0 Å². The van der Waals surface area contributed by atoms with E-state index in [4.69, 9.17) is 10.9 Å². The summed E-state index contributed by atoms with van der Waals surface area (Å²) in [5.41, 5.74) is 5.75. The van der Waals surface area contributed by atoms with E-state index in [-0.39, 0.29) is 17.7 Å². The third kappa shape index (κ3) is 4.64. The predicted molar refractivity (Wildman–Crippen MR) is 80.3 cm³/mol. The molecular weight excluding hydrogens is 292 g/mol. The number of nitrogens with two attached hydrogens (primary N) is 2. The molecule has 2 fully saturated rings. The van der Waals surface area contributed by atoms with Gasteiger partial charge in [0, 0.05) is 25.6 Å². The molecule has 1 aliphatic carbocycles. The lowest BCUT2D eigenvalue weighted by molar-refractivity contribution is -0.138. The normalized spacial score (nSPS) is 30.6. The Morgan fingerprint density at radius 2 is 2.00 bits per heavy atom. The van der Waals surface area contributed by atoms with Gasteiger partial charge in [0.15, 0.2) is 0 Å². The highest BCUT2D eigenvalue weighted by Crippen LogP contribution is 2.33. The summed E-state index contributed by atoms with van der Waals surface area (Å²) in [4.78, 5) is 14.5. The van der Waals surface area contributed by atoms with Crippen LogP contribution < -0.4 is 15.6 Å². The van der Waals surface area contributed by atoms with Gasteiger partial charge in [-0.1, -0.05) is 6.42 Å². The second-order valence-corrected chi connectivity index (χ2v) is 7.60. The molecule has 0 bridgehead atoms. The van der Waals surface area contributed by atoms with Crippen LogP contribution in [0.2, 0.25) is 0 Å². The van der Waals surface area contributed by atoms with Gasteiger partial charge in [0.2, 0.25) is 5.91 Å². The van der Waals surface area contributed by atoms with Crippen LogP contribution in [-0.4, -0.2) is 45.4 Å². The van der Waals surface area contributed by atoms with Crippen molar-refractivity contribution in [2.75, 3.05) is 26.2 Å². The molecule has 3 unspecified atom stereocenters. The minimum absolute atomic E-state index is 0.0555. The molecule has 0 aromatic rings. The number of hydrogen-bond acceptors (Lipinski definition) is 4. The topological polar surface area (TPSA) is 119 Å². The molecule has 1 saturated heterocycles. The molecule has 7 nitrogen and oxygen atoms in total. The fraction of sp³-hybridized carbons (Fsp3) is 0.923. The van der Waals surface area contributed by atoms with Gasteiger partial charge < -0.3 is 10.6 Å². The number of nitrogens with one attached hydrogen (secondary N) is 1. The molecule has 122 valence electrons. The Labute approximate surface area is 126 Å². The standard InChI is InChI=1S/C13H26N4O3S/c14-7-11-4-1-5-12(11)13(18)17-6-2-3-10(9-17)8-16-21(15,19)20/h10-12,16H,1-9,14H2,(H2,15,19,20). The van der Waals surface area contributed by atoms with E-state index in [9.17, 15) is 13.2 Å². The minimum atomic E-state index is -3.66. The van der Waals surface area contributed by atoms with Crippen LogP contribution in [0.5, 0.6) is 0 Å². The van der Waals surface area contributed by atoms with Gasteiger partial charge in [-0.15, -0.1) is 0 Å². The molecule has 1 amide bonds. The summed E-state index contributed by atoms with van der Waals surface area (Å²) in [6, 6.07) is 0. The van der Waals surface area contributed by atoms with E-state index in [0.717, 1.165) is 38.6 Å². The van der Waals surface area contributed by atoms with Crippen molar-refractivity contribution in [1.29, 1.82) is 0 Å². The van der Waals surface area contributed by atoms with Crippen LogP contribution in [0.1, 0.15) is 32.1 Å². The first-order valence-electron chi connectivity index (χ1n) is 7.67. The van der Waals surface area contributed by atoms with Crippen molar-refractivity contribution in [2.45, 2.75) is 32.1 Å². The number of carbonyl (C=O) groups is 1. The fourth-order valence-electron chi connectivity index (χ4n) is 3.54. The molecule has 1 aliphatic heterocycles. The molecule has 5 N–H and O–H groups in total. The van der Waals surface area contributed by atoms with Crippen molar-refractivity contribution in [1.82, 2.24) is 9.62 Å². The first-order chi connectivity index (χ1) is 9.90. The van der Waals surface area contributed by atoms with Crippen LogP contribution in [0.4, 0.5) is 0 Å². The summed E-state index contributed by atoms with van der Waals surface area (Å²) in [5, 5.41) is 4.95. The molecule has 2 rings (SSSR count). The van der Waals surface area contributed by atoms with Crippen LogP contribution in [0, 0.1) is 17.8 Å². The third-order valence-electron chi connectivity index (χ3n) is 4.68. The highest BCUT2D eigenvalue weighted by atomic mass is 32.2. The summed E-state index contributed by atoms with van der Waals surface area (Å²) in [7, 11) is -3.66. The molecular formula is C13H26N4O3S. The Bertz CT molecular complexity index is 468. The number of likely N-dealkylation sites (tertiary alicyclic amines) is 1. The van der Waals surface area contributed by atoms with Crippen molar-refractivity contribution in [3.05, 3.63) is 0 Å². The largest absolute Gasteiger partial charge is 0.342 e. The van der Waals surface area contributed by atoms with Crippen molar-refractivity contribution in [3.63, 3.8) is 0 Å².